The Morgan fingerprint density at radius 1 is 0.542 bits per heavy atom. The molecular weight excluding hydrogens is 375 g/mol. The molecule has 0 N–H and O–H groups in total. The number of unbranched alkanes of at least 4 members (excludes halogenated alkanes) is 7. The third kappa shape index (κ3) is 7.49. The van der Waals surface area contributed by atoms with Crippen molar-refractivity contribution in [3.8, 4) is 0 Å². The van der Waals surface area contributed by atoms with Gasteiger partial charge in [-0.1, -0.05) is 115 Å². The van der Waals surface area contributed by atoms with E-state index in [4.69, 9.17) is 0 Å². The maximum absolute atomic E-state index is 3.51. The monoisotopic (exact) mass is 404 g/mol. The molecule has 0 aliphatic carbocycles. The minimum atomic E-state index is -0.189. The third-order valence-electron chi connectivity index (χ3n) is 4.40. The molecule has 2 aromatic rings. The van der Waals surface area contributed by atoms with Gasteiger partial charge in [0.2, 0.25) is 0 Å². The van der Waals surface area contributed by atoms with Crippen molar-refractivity contribution >= 4 is 34.5 Å². The Kier molecular flexibility index (Phi) is 10.4. The molecule has 0 fully saturated rings. The summed E-state index contributed by atoms with van der Waals surface area (Å²) in [5.41, 5.74) is 0. The largest absolute Gasteiger partial charge is 0.0928 e. The average molecular weight is 405 g/mol. The molecule has 0 spiro atoms. The highest BCUT2D eigenvalue weighted by atomic mass is 79.9. The lowest BCUT2D eigenvalue weighted by molar-refractivity contribution is 0.588. The van der Waals surface area contributed by atoms with Crippen LogP contribution in [0, 0.1) is 0 Å². The van der Waals surface area contributed by atoms with Gasteiger partial charge in [0.25, 0.3) is 0 Å². The first-order valence-electron chi connectivity index (χ1n) is 9.35. The average Bonchev–Trinajstić information content (AvgIpc) is 2.65. The van der Waals surface area contributed by atoms with Gasteiger partial charge in [-0.05, 0) is 37.5 Å². The molecule has 0 unspecified atom stereocenters. The van der Waals surface area contributed by atoms with Crippen LogP contribution in [0.2, 0.25) is 0 Å². The number of halogens is 1. The van der Waals surface area contributed by atoms with Crippen LogP contribution in [-0.2, 0) is 0 Å². The maximum atomic E-state index is 3.51. The smallest absolute Gasteiger partial charge is 0.00313 e. The molecule has 2 aromatic carbocycles. The van der Waals surface area contributed by atoms with Crippen molar-refractivity contribution in [1.29, 1.82) is 0 Å². The minimum absolute atomic E-state index is 0.189. The third-order valence-corrected chi connectivity index (χ3v) is 7.57. The van der Waals surface area contributed by atoms with Crippen molar-refractivity contribution in [1.82, 2.24) is 0 Å². The molecule has 0 bridgehead atoms. The van der Waals surface area contributed by atoms with E-state index in [2.05, 4.69) is 76.6 Å². The quantitative estimate of drug-likeness (QED) is 0.211. The van der Waals surface area contributed by atoms with Crippen molar-refractivity contribution in [3.63, 3.8) is 0 Å². The van der Waals surface area contributed by atoms with Gasteiger partial charge in [-0.2, -0.15) is 0 Å². The molecule has 130 valence electrons. The van der Waals surface area contributed by atoms with Crippen LogP contribution in [0.25, 0.3) is 0 Å². The number of alkyl halides is 1. The highest BCUT2D eigenvalue weighted by Gasteiger charge is 2.12. The SMILES string of the molecule is BrCCCCCCCCCCP(c1ccccc1)c1ccccc1. The van der Waals surface area contributed by atoms with Gasteiger partial charge < -0.3 is 0 Å². The summed E-state index contributed by atoms with van der Waals surface area (Å²) >= 11 is 3.51. The van der Waals surface area contributed by atoms with Gasteiger partial charge in [0.05, 0.1) is 0 Å². The molecule has 0 aliphatic heterocycles. The molecule has 2 heteroatoms. The standard InChI is InChI=1S/C22H30BrP/c23-19-13-5-3-1-2-4-6-14-20-24(21-15-9-7-10-16-21)22-17-11-8-12-18-22/h7-12,15-18H,1-6,13-14,19-20H2. The fraction of sp³-hybridized carbons (Fsp3) is 0.455. The molecule has 0 aromatic heterocycles. The fourth-order valence-electron chi connectivity index (χ4n) is 3.05. The lowest BCUT2D eigenvalue weighted by Gasteiger charge is -2.18. The Bertz CT molecular complexity index is 487. The van der Waals surface area contributed by atoms with E-state index >= 15 is 0 Å². The number of rotatable bonds is 12. The van der Waals surface area contributed by atoms with Gasteiger partial charge >= 0.3 is 0 Å². The van der Waals surface area contributed by atoms with Crippen LogP contribution in [0.5, 0.6) is 0 Å². The summed E-state index contributed by atoms with van der Waals surface area (Å²) in [6, 6.07) is 22.2. The summed E-state index contributed by atoms with van der Waals surface area (Å²) in [7, 11) is -0.189. The van der Waals surface area contributed by atoms with Crippen LogP contribution < -0.4 is 10.6 Å². The van der Waals surface area contributed by atoms with E-state index in [1.807, 2.05) is 0 Å². The summed E-state index contributed by atoms with van der Waals surface area (Å²) in [6.07, 6.45) is 12.4. The van der Waals surface area contributed by atoms with Crippen LogP contribution in [0.15, 0.2) is 60.7 Å². The van der Waals surface area contributed by atoms with Crippen LogP contribution >= 0.6 is 23.9 Å². The van der Waals surface area contributed by atoms with Crippen molar-refractivity contribution in [2.24, 2.45) is 0 Å². The summed E-state index contributed by atoms with van der Waals surface area (Å²) in [4.78, 5) is 0. The predicted molar refractivity (Wildman–Crippen MR) is 115 cm³/mol. The summed E-state index contributed by atoms with van der Waals surface area (Å²) in [5, 5.41) is 4.21. The molecule has 24 heavy (non-hydrogen) atoms. The second-order valence-electron chi connectivity index (χ2n) is 6.34. The van der Waals surface area contributed by atoms with Gasteiger partial charge in [-0.15, -0.1) is 0 Å². The zero-order valence-electron chi connectivity index (χ0n) is 14.7. The zero-order chi connectivity index (χ0) is 16.9. The van der Waals surface area contributed by atoms with E-state index in [9.17, 15) is 0 Å². The van der Waals surface area contributed by atoms with Crippen molar-refractivity contribution in [3.05, 3.63) is 60.7 Å². The lowest BCUT2D eigenvalue weighted by atomic mass is 10.1. The van der Waals surface area contributed by atoms with Crippen molar-refractivity contribution in [2.45, 2.75) is 51.4 Å². The molecule has 0 heterocycles. The number of benzene rings is 2. The first kappa shape index (κ1) is 19.7. The van der Waals surface area contributed by atoms with E-state index in [1.54, 1.807) is 0 Å². The Morgan fingerprint density at radius 3 is 1.42 bits per heavy atom. The maximum Gasteiger partial charge on any atom is 0.00313 e. The first-order chi connectivity index (χ1) is 11.9. The lowest BCUT2D eigenvalue weighted by Crippen LogP contribution is -2.13. The van der Waals surface area contributed by atoms with E-state index in [1.165, 1.54) is 68.1 Å². The van der Waals surface area contributed by atoms with Crippen molar-refractivity contribution in [2.75, 3.05) is 11.5 Å². The molecule has 0 atom stereocenters. The fourth-order valence-corrected chi connectivity index (χ4v) is 5.86. The second kappa shape index (κ2) is 12.7. The van der Waals surface area contributed by atoms with Gasteiger partial charge in [0.1, 0.15) is 0 Å². The van der Waals surface area contributed by atoms with E-state index in [0.717, 1.165) is 5.33 Å². The second-order valence-corrected chi connectivity index (χ2v) is 9.47. The zero-order valence-corrected chi connectivity index (χ0v) is 17.2. The highest BCUT2D eigenvalue weighted by Crippen LogP contribution is 2.34. The topological polar surface area (TPSA) is 0 Å². The molecule has 0 nitrogen and oxygen atoms in total. The molecule has 0 saturated heterocycles. The molecule has 0 aliphatic rings. The Balaban J connectivity index is 1.74. The van der Waals surface area contributed by atoms with Crippen LogP contribution in [0.3, 0.4) is 0 Å². The van der Waals surface area contributed by atoms with Gasteiger partial charge in [0, 0.05) is 5.33 Å². The molecule has 2 rings (SSSR count). The predicted octanol–water partition coefficient (Wildman–Crippen LogP) is 6.64. The summed E-state index contributed by atoms with van der Waals surface area (Å²) in [6.45, 7) is 0. The Labute approximate surface area is 158 Å². The van der Waals surface area contributed by atoms with Crippen LogP contribution in [0.4, 0.5) is 0 Å². The van der Waals surface area contributed by atoms with Gasteiger partial charge in [-0.3, -0.25) is 0 Å². The highest BCUT2D eigenvalue weighted by molar-refractivity contribution is 9.09. The van der Waals surface area contributed by atoms with Crippen LogP contribution in [0.1, 0.15) is 51.4 Å². The molecular formula is C22H30BrP. The summed E-state index contributed by atoms with van der Waals surface area (Å²) in [5.74, 6) is 0. The molecule has 0 saturated carbocycles. The minimum Gasteiger partial charge on any atom is -0.0928 e. The van der Waals surface area contributed by atoms with Gasteiger partial charge in [0.15, 0.2) is 0 Å². The van der Waals surface area contributed by atoms with E-state index in [0.29, 0.717) is 0 Å². The molecule has 0 radical (unpaired) electrons. The van der Waals surface area contributed by atoms with Crippen LogP contribution in [-0.4, -0.2) is 11.5 Å². The number of hydrogen-bond acceptors (Lipinski definition) is 0. The first-order valence-corrected chi connectivity index (χ1v) is 12.0. The van der Waals surface area contributed by atoms with E-state index in [-0.39, 0.29) is 7.92 Å². The molecule has 0 amide bonds. The normalized spacial score (nSPS) is 11.1. The Hall–Kier alpha value is -0.650. The van der Waals surface area contributed by atoms with Gasteiger partial charge in [-0.25, -0.2) is 0 Å². The number of hydrogen-bond donors (Lipinski definition) is 0. The Morgan fingerprint density at radius 2 is 0.958 bits per heavy atom. The summed E-state index contributed by atoms with van der Waals surface area (Å²) < 4.78 is 0. The van der Waals surface area contributed by atoms with E-state index < -0.39 is 0 Å². The van der Waals surface area contributed by atoms with Crippen molar-refractivity contribution < 1.29 is 0 Å².